The molecule has 0 bridgehead atoms. The lowest BCUT2D eigenvalue weighted by Crippen LogP contribution is -2.71. The molecule has 15 nitrogen and oxygen atoms in total. The smallest absolute Gasteiger partial charge is 0.355 e. The molecule has 2 aromatic heterocycles. The van der Waals surface area contributed by atoms with Gasteiger partial charge in [-0.1, -0.05) is 58.6 Å². The van der Waals surface area contributed by atoms with Gasteiger partial charge >= 0.3 is 11.9 Å². The Morgan fingerprint density at radius 1 is 1.27 bits per heavy atom. The highest BCUT2D eigenvalue weighted by atomic mass is 32.2. The monoisotopic (exact) mass is 690 g/mol. The number of β-lactam (4-membered cyclic amide) rings is 1. The van der Waals surface area contributed by atoms with Crippen molar-refractivity contribution in [3.05, 3.63) is 58.5 Å². The van der Waals surface area contributed by atoms with Crippen LogP contribution in [0.1, 0.15) is 38.3 Å². The molecular weight excluding hydrogens is 665 g/mol. The van der Waals surface area contributed by atoms with Gasteiger partial charge in [0.25, 0.3) is 11.8 Å². The third-order valence-corrected chi connectivity index (χ3v) is 9.92. The van der Waals surface area contributed by atoms with Gasteiger partial charge in [0, 0.05) is 28.6 Å². The largest absolute Gasteiger partial charge is 0.477 e. The Bertz CT molecular complexity index is 1660. The Balaban J connectivity index is 1.36. The third kappa shape index (κ3) is 7.43. The second-order valence-electron chi connectivity index (χ2n) is 10.4. The zero-order chi connectivity index (χ0) is 32.3. The number of aliphatic carboxylic acids is 1. The van der Waals surface area contributed by atoms with E-state index in [0.717, 1.165) is 16.4 Å². The number of oxime groups is 1. The molecular formula is C26H26N8O7S4. The second kappa shape index (κ2) is 13.5. The summed E-state index contributed by atoms with van der Waals surface area (Å²) < 4.78 is 10.2. The molecule has 19 heteroatoms. The van der Waals surface area contributed by atoms with E-state index < -0.39 is 52.6 Å². The van der Waals surface area contributed by atoms with Crippen LogP contribution in [0.4, 0.5) is 5.13 Å². The number of hydrogen-bond acceptors (Lipinski definition) is 16. The molecule has 45 heavy (non-hydrogen) atoms. The van der Waals surface area contributed by atoms with E-state index in [-0.39, 0.29) is 16.7 Å². The van der Waals surface area contributed by atoms with E-state index in [2.05, 4.69) is 30.0 Å². The molecule has 1 fully saturated rings. The van der Waals surface area contributed by atoms with Gasteiger partial charge in [-0.05, 0) is 26.3 Å². The van der Waals surface area contributed by atoms with Crippen LogP contribution < -0.4 is 11.1 Å². The number of amides is 2. The number of nitrogens with two attached hydrogens (primary N) is 1. The van der Waals surface area contributed by atoms with Gasteiger partial charge in [0.05, 0.1) is 0 Å². The van der Waals surface area contributed by atoms with E-state index in [1.807, 2.05) is 0 Å². The van der Waals surface area contributed by atoms with E-state index in [1.165, 1.54) is 34.9 Å². The molecule has 0 aliphatic carbocycles. The van der Waals surface area contributed by atoms with E-state index in [1.54, 1.807) is 56.6 Å². The van der Waals surface area contributed by atoms with E-state index >= 15 is 0 Å². The van der Waals surface area contributed by atoms with Crippen molar-refractivity contribution in [2.75, 3.05) is 17.2 Å². The Morgan fingerprint density at radius 3 is 2.64 bits per heavy atom. The molecule has 0 radical (unpaired) electrons. The van der Waals surface area contributed by atoms with Crippen LogP contribution in [-0.4, -0.2) is 87.5 Å². The second-order valence-corrected chi connectivity index (χ2v) is 14.4. The molecule has 3 atom stereocenters. The number of nitrogens with zero attached hydrogens (tertiary/aromatic N) is 6. The Hall–Kier alpha value is -4.07. The minimum absolute atomic E-state index is 0.0427. The van der Waals surface area contributed by atoms with Crippen LogP contribution in [0.3, 0.4) is 0 Å². The fourth-order valence-corrected chi connectivity index (χ4v) is 7.63. The van der Waals surface area contributed by atoms with E-state index in [4.69, 9.17) is 15.3 Å². The van der Waals surface area contributed by atoms with Crippen molar-refractivity contribution >= 4 is 81.0 Å². The molecule has 2 aliphatic rings. The van der Waals surface area contributed by atoms with Crippen molar-refractivity contribution < 1.29 is 33.9 Å². The standard InChI is InChI=1S/C26H26N8O7S4/c1-26(2,3)40-23(39)17(12-7-5-4-6-8-12)41-32-14(18-30-24(27)45-33-18)19(35)29-15-20(36)34-16(22(37)38)13(9-42-21(15)34)10-43-25-31-28-11-44-25/h4-8,11,15,17,21H,9-10H2,1-3H3,(H,29,35)(H,37,38)(H2,27,30,33)/t15?,17?,21-/m1/s1. The molecule has 1 saturated heterocycles. The van der Waals surface area contributed by atoms with Crippen molar-refractivity contribution in [3.63, 3.8) is 0 Å². The molecule has 0 saturated carbocycles. The van der Waals surface area contributed by atoms with Gasteiger partial charge in [0.2, 0.25) is 17.6 Å². The van der Waals surface area contributed by atoms with Crippen molar-refractivity contribution in [3.8, 4) is 0 Å². The zero-order valence-electron chi connectivity index (χ0n) is 23.9. The highest BCUT2D eigenvalue weighted by Crippen LogP contribution is 2.41. The summed E-state index contributed by atoms with van der Waals surface area (Å²) in [5.74, 6) is -3.07. The van der Waals surface area contributed by atoms with Gasteiger partial charge in [-0.3, -0.25) is 14.5 Å². The summed E-state index contributed by atoms with van der Waals surface area (Å²) in [5.41, 5.74) is 6.89. The number of carboxylic acid groups (broad SMARTS) is 1. The summed E-state index contributed by atoms with van der Waals surface area (Å²) in [6.45, 7) is 5.10. The van der Waals surface area contributed by atoms with Crippen molar-refractivity contribution in [2.45, 2.75) is 48.2 Å². The van der Waals surface area contributed by atoms with Gasteiger partial charge in [0.15, 0.2) is 9.47 Å². The molecule has 2 amide bonds. The number of ether oxygens (including phenoxy) is 1. The Labute approximate surface area is 272 Å². The fourth-order valence-electron chi connectivity index (χ4n) is 4.22. The average molecular weight is 691 g/mol. The highest BCUT2D eigenvalue weighted by molar-refractivity contribution is 8.01. The number of fused-ring (bicyclic) bond motifs is 1. The molecule has 0 spiro atoms. The minimum Gasteiger partial charge on any atom is -0.477 e. The van der Waals surface area contributed by atoms with Gasteiger partial charge in [-0.25, -0.2) is 9.59 Å². The van der Waals surface area contributed by atoms with Crippen molar-refractivity contribution in [1.82, 2.24) is 29.8 Å². The van der Waals surface area contributed by atoms with Gasteiger partial charge in [0.1, 0.15) is 28.2 Å². The van der Waals surface area contributed by atoms with Crippen LogP contribution in [0.25, 0.3) is 0 Å². The van der Waals surface area contributed by atoms with Crippen molar-refractivity contribution in [2.24, 2.45) is 5.16 Å². The maximum Gasteiger partial charge on any atom is 0.355 e. The molecule has 2 aliphatic heterocycles. The summed E-state index contributed by atoms with van der Waals surface area (Å²) in [7, 11) is 0. The summed E-state index contributed by atoms with van der Waals surface area (Å²) in [6, 6.07) is 7.36. The number of benzene rings is 1. The topological polar surface area (TPSA) is 212 Å². The molecule has 4 N–H and O–H groups in total. The van der Waals surface area contributed by atoms with Gasteiger partial charge in [-0.2, -0.15) is 9.36 Å². The first-order chi connectivity index (χ1) is 21.4. The van der Waals surface area contributed by atoms with Crippen LogP contribution in [0, 0.1) is 0 Å². The number of esters is 1. The number of anilines is 1. The lowest BCUT2D eigenvalue weighted by atomic mass is 10.0. The lowest BCUT2D eigenvalue weighted by Gasteiger charge is -2.49. The SMILES string of the molecule is CC(C)(C)OC(=O)C(ON=C(C(=O)NC1C(=O)N2C(C(=O)O)=C(CSc3nncs3)CS[C@H]12)c1nsc(N)n1)c1ccccc1. The first kappa shape index (κ1) is 32.3. The van der Waals surface area contributed by atoms with Crippen molar-refractivity contribution in [1.29, 1.82) is 0 Å². The predicted octanol–water partition coefficient (Wildman–Crippen LogP) is 2.31. The number of carbonyl (C=O) groups excluding carboxylic acids is 3. The number of nitrogen functional groups attached to an aromatic ring is 1. The first-order valence-electron chi connectivity index (χ1n) is 13.1. The van der Waals surface area contributed by atoms with E-state index in [0.29, 0.717) is 27.0 Å². The number of aromatic nitrogens is 4. The number of nitrogens with one attached hydrogen (secondary N) is 1. The number of carbonyl (C=O) groups is 4. The third-order valence-electron chi connectivity index (χ3n) is 6.09. The van der Waals surface area contributed by atoms with Crippen LogP contribution in [0.15, 0.2) is 56.6 Å². The van der Waals surface area contributed by atoms with Crippen LogP contribution in [-0.2, 0) is 28.8 Å². The number of hydrogen-bond donors (Lipinski definition) is 3. The fraction of sp³-hybridized carbons (Fsp3) is 0.346. The molecule has 5 rings (SSSR count). The van der Waals surface area contributed by atoms with Crippen LogP contribution in [0.5, 0.6) is 0 Å². The normalized spacial score (nSPS) is 19.0. The summed E-state index contributed by atoms with van der Waals surface area (Å²) >= 11 is 4.77. The number of carboxylic acids is 1. The molecule has 4 heterocycles. The summed E-state index contributed by atoms with van der Waals surface area (Å²) in [4.78, 5) is 62.9. The number of thioether (sulfide) groups is 2. The Morgan fingerprint density at radius 2 is 2.02 bits per heavy atom. The highest BCUT2D eigenvalue weighted by Gasteiger charge is 2.54. The maximum absolute atomic E-state index is 13.6. The average Bonchev–Trinajstić information content (AvgIpc) is 3.67. The van der Waals surface area contributed by atoms with Crippen LogP contribution in [0.2, 0.25) is 0 Å². The molecule has 3 aromatic rings. The molecule has 236 valence electrons. The van der Waals surface area contributed by atoms with Gasteiger partial charge < -0.3 is 25.7 Å². The maximum atomic E-state index is 13.6. The minimum atomic E-state index is -1.35. The van der Waals surface area contributed by atoms with Crippen LogP contribution >= 0.6 is 46.4 Å². The predicted molar refractivity (Wildman–Crippen MR) is 167 cm³/mol. The Kier molecular flexibility index (Phi) is 9.70. The molecule has 2 unspecified atom stereocenters. The van der Waals surface area contributed by atoms with Gasteiger partial charge in [-0.15, -0.1) is 22.0 Å². The summed E-state index contributed by atoms with van der Waals surface area (Å²) in [5, 5.41) is 23.6. The zero-order valence-corrected chi connectivity index (χ0v) is 27.2. The first-order valence-corrected chi connectivity index (χ1v) is 16.8. The van der Waals surface area contributed by atoms with E-state index in [9.17, 15) is 24.3 Å². The summed E-state index contributed by atoms with van der Waals surface area (Å²) in [6.07, 6.45) is -1.35. The lowest BCUT2D eigenvalue weighted by molar-refractivity contribution is -0.169. The number of rotatable bonds is 11. The quantitative estimate of drug-likeness (QED) is 0.0867. The molecule has 1 aromatic carbocycles.